The van der Waals surface area contributed by atoms with E-state index in [1.54, 1.807) is 6.07 Å². The van der Waals surface area contributed by atoms with E-state index in [-0.39, 0.29) is 5.75 Å². The van der Waals surface area contributed by atoms with Gasteiger partial charge >= 0.3 is 5.69 Å². The number of piperazine rings is 1. The van der Waals surface area contributed by atoms with Crippen molar-refractivity contribution in [2.75, 3.05) is 44.2 Å². The summed E-state index contributed by atoms with van der Waals surface area (Å²) < 4.78 is 5.49. The normalized spacial score (nSPS) is 14.7. The fraction of sp³-hybridized carbons (Fsp3) is 0.400. The number of rotatable bonds is 8. The summed E-state index contributed by atoms with van der Waals surface area (Å²) in [5, 5.41) is 31.1. The molecule has 162 valence electrons. The van der Waals surface area contributed by atoms with Crippen molar-refractivity contribution in [1.82, 2.24) is 4.90 Å². The molecule has 0 unspecified atom stereocenters. The van der Waals surface area contributed by atoms with E-state index in [0.29, 0.717) is 16.7 Å². The first kappa shape index (κ1) is 22.3. The van der Waals surface area contributed by atoms with Gasteiger partial charge in [-0.3, -0.25) is 15.0 Å². The maximum Gasteiger partial charge on any atom is 0.318 e. The van der Waals surface area contributed by atoms with Crippen molar-refractivity contribution < 1.29 is 19.9 Å². The van der Waals surface area contributed by atoms with Gasteiger partial charge in [0.15, 0.2) is 5.75 Å². The molecule has 0 atom stereocenters. The number of aromatic hydroxyl groups is 2. The zero-order valence-corrected chi connectivity index (χ0v) is 17.8. The Hall–Kier alpha value is -2.42. The lowest BCUT2D eigenvalue weighted by Gasteiger charge is -2.36. The van der Waals surface area contributed by atoms with Gasteiger partial charge in [-0.25, -0.2) is 0 Å². The van der Waals surface area contributed by atoms with Gasteiger partial charge in [-0.1, -0.05) is 29.3 Å². The Balaban J connectivity index is 1.39. The van der Waals surface area contributed by atoms with Crippen molar-refractivity contribution in [1.29, 1.82) is 0 Å². The maximum absolute atomic E-state index is 10.9. The molecule has 0 aliphatic carbocycles. The molecule has 1 aliphatic rings. The van der Waals surface area contributed by atoms with Crippen molar-refractivity contribution in [3.8, 4) is 17.2 Å². The largest absolute Gasteiger partial charge is 0.504 e. The lowest BCUT2D eigenvalue weighted by molar-refractivity contribution is -0.386. The molecule has 2 N–H and O–H groups in total. The summed E-state index contributed by atoms with van der Waals surface area (Å²) in [6.45, 7) is 4.85. The monoisotopic (exact) mass is 455 g/mol. The zero-order valence-electron chi connectivity index (χ0n) is 16.3. The number of nitro groups is 1. The lowest BCUT2D eigenvalue weighted by Crippen LogP contribution is -2.46. The number of anilines is 1. The topological polar surface area (TPSA) is 99.3 Å². The van der Waals surface area contributed by atoms with Crippen LogP contribution in [-0.4, -0.2) is 59.4 Å². The molecule has 10 heteroatoms. The first-order chi connectivity index (χ1) is 14.4. The number of phenols is 2. The third-order valence-corrected chi connectivity index (χ3v) is 5.83. The van der Waals surface area contributed by atoms with Gasteiger partial charge in [-0.2, -0.15) is 0 Å². The molecule has 1 heterocycles. The highest BCUT2D eigenvalue weighted by atomic mass is 35.5. The molecule has 30 heavy (non-hydrogen) atoms. The van der Waals surface area contributed by atoms with Crippen molar-refractivity contribution in [3.05, 3.63) is 50.5 Å². The molecule has 1 aliphatic heterocycles. The van der Waals surface area contributed by atoms with E-state index in [1.807, 2.05) is 12.1 Å². The number of nitro benzene ring substituents is 1. The third-order valence-electron chi connectivity index (χ3n) is 5.02. The van der Waals surface area contributed by atoms with Crippen LogP contribution in [0.4, 0.5) is 11.4 Å². The standard InChI is InChI=1S/C20H23Cl2N3O5/c21-15-4-3-5-16(19(15)22)24-9-7-23(8-10-24)6-1-2-11-30-14-12-17(25(28)29)20(27)18(26)13-14/h3-5,12-13,26-27H,1-2,6-11H2. The molecule has 2 aromatic rings. The molecule has 8 nitrogen and oxygen atoms in total. The summed E-state index contributed by atoms with van der Waals surface area (Å²) in [5.74, 6) is -1.17. The summed E-state index contributed by atoms with van der Waals surface area (Å²) in [6.07, 6.45) is 1.67. The van der Waals surface area contributed by atoms with Crippen molar-refractivity contribution >= 4 is 34.6 Å². The van der Waals surface area contributed by atoms with Gasteiger partial charge in [0.1, 0.15) is 5.75 Å². The summed E-state index contributed by atoms with van der Waals surface area (Å²) in [5.41, 5.74) is 0.381. The van der Waals surface area contributed by atoms with Gasteiger partial charge < -0.3 is 19.8 Å². The van der Waals surface area contributed by atoms with Crippen molar-refractivity contribution in [2.24, 2.45) is 0 Å². The maximum atomic E-state index is 10.9. The first-order valence-electron chi connectivity index (χ1n) is 9.61. The van der Waals surface area contributed by atoms with Crippen molar-refractivity contribution in [2.45, 2.75) is 12.8 Å². The van der Waals surface area contributed by atoms with Crippen LogP contribution in [0.5, 0.6) is 17.2 Å². The van der Waals surface area contributed by atoms with Crippen molar-refractivity contribution in [3.63, 3.8) is 0 Å². The predicted octanol–water partition coefficient (Wildman–Crippen LogP) is 4.29. The highest BCUT2D eigenvalue weighted by Crippen LogP contribution is 2.38. The van der Waals surface area contributed by atoms with Gasteiger partial charge in [0.05, 0.1) is 33.3 Å². The third kappa shape index (κ3) is 5.38. The molecule has 0 bridgehead atoms. The summed E-state index contributed by atoms with van der Waals surface area (Å²) >= 11 is 12.4. The Kier molecular flexibility index (Phi) is 7.47. The molecule has 1 saturated heterocycles. The van der Waals surface area contributed by atoms with E-state index in [2.05, 4.69) is 9.80 Å². The minimum atomic E-state index is -0.766. The lowest BCUT2D eigenvalue weighted by atomic mass is 10.2. The van der Waals surface area contributed by atoms with Crippen LogP contribution in [0, 0.1) is 10.1 Å². The molecule has 0 radical (unpaired) electrons. The summed E-state index contributed by atoms with van der Waals surface area (Å²) in [6, 6.07) is 7.94. The summed E-state index contributed by atoms with van der Waals surface area (Å²) in [4.78, 5) is 14.7. The Morgan fingerprint density at radius 1 is 1.10 bits per heavy atom. The Morgan fingerprint density at radius 2 is 1.83 bits per heavy atom. The van der Waals surface area contributed by atoms with E-state index in [0.717, 1.165) is 57.3 Å². The predicted molar refractivity (Wildman–Crippen MR) is 116 cm³/mol. The van der Waals surface area contributed by atoms with Crippen LogP contribution in [0.2, 0.25) is 10.0 Å². The number of hydrogen-bond donors (Lipinski definition) is 2. The smallest absolute Gasteiger partial charge is 0.318 e. The van der Waals surface area contributed by atoms with Gasteiger partial charge in [0, 0.05) is 32.2 Å². The SMILES string of the molecule is O=[N+]([O-])c1cc(OCCCCN2CCN(c3cccc(Cl)c3Cl)CC2)cc(O)c1O. The molecule has 2 aromatic carbocycles. The first-order valence-corrected chi connectivity index (χ1v) is 10.4. The second kappa shape index (κ2) is 10.1. The fourth-order valence-electron chi connectivity index (χ4n) is 3.38. The van der Waals surface area contributed by atoms with Crippen LogP contribution < -0.4 is 9.64 Å². The molecule has 0 spiro atoms. The quantitative estimate of drug-likeness (QED) is 0.265. The highest BCUT2D eigenvalue weighted by Gasteiger charge is 2.20. The van der Waals surface area contributed by atoms with Gasteiger partial charge in [0.2, 0.25) is 5.75 Å². The molecular weight excluding hydrogens is 433 g/mol. The van der Waals surface area contributed by atoms with Crippen LogP contribution in [0.1, 0.15) is 12.8 Å². The van der Waals surface area contributed by atoms with Crippen LogP contribution >= 0.6 is 23.2 Å². The van der Waals surface area contributed by atoms with E-state index in [9.17, 15) is 20.3 Å². The average Bonchev–Trinajstić information content (AvgIpc) is 2.72. The molecule has 0 amide bonds. The van der Waals surface area contributed by atoms with Crippen LogP contribution in [0.15, 0.2) is 30.3 Å². The van der Waals surface area contributed by atoms with Gasteiger partial charge in [-0.05, 0) is 31.5 Å². The van der Waals surface area contributed by atoms with Gasteiger partial charge in [-0.15, -0.1) is 0 Å². The Labute approximate surface area is 184 Å². The van der Waals surface area contributed by atoms with E-state index < -0.39 is 22.1 Å². The van der Waals surface area contributed by atoms with E-state index in [1.165, 1.54) is 6.07 Å². The van der Waals surface area contributed by atoms with E-state index in [4.69, 9.17) is 27.9 Å². The molecule has 0 aromatic heterocycles. The van der Waals surface area contributed by atoms with Crippen LogP contribution in [0.3, 0.4) is 0 Å². The minimum absolute atomic E-state index is 0.156. The zero-order chi connectivity index (χ0) is 21.7. The van der Waals surface area contributed by atoms with E-state index >= 15 is 0 Å². The number of halogens is 2. The molecule has 1 fully saturated rings. The number of benzene rings is 2. The molecule has 3 rings (SSSR count). The Morgan fingerprint density at radius 3 is 2.53 bits per heavy atom. The number of phenolic OH excluding ortho intramolecular Hbond substituents is 2. The minimum Gasteiger partial charge on any atom is -0.504 e. The number of nitrogens with zero attached hydrogens (tertiary/aromatic N) is 3. The van der Waals surface area contributed by atoms with Crippen LogP contribution in [-0.2, 0) is 0 Å². The van der Waals surface area contributed by atoms with Crippen LogP contribution in [0.25, 0.3) is 0 Å². The second-order valence-corrected chi connectivity index (χ2v) is 7.81. The van der Waals surface area contributed by atoms with Gasteiger partial charge in [0.25, 0.3) is 0 Å². The number of hydrogen-bond acceptors (Lipinski definition) is 7. The Bertz CT molecular complexity index is 904. The molecular formula is C20H23Cl2N3O5. The highest BCUT2D eigenvalue weighted by molar-refractivity contribution is 6.43. The fourth-order valence-corrected chi connectivity index (χ4v) is 3.79. The number of ether oxygens (including phenoxy) is 1. The summed E-state index contributed by atoms with van der Waals surface area (Å²) in [7, 11) is 0. The second-order valence-electron chi connectivity index (χ2n) is 7.02. The average molecular weight is 456 g/mol. The molecule has 0 saturated carbocycles. The number of unbranched alkanes of at least 4 members (excludes halogenated alkanes) is 1.